The summed E-state index contributed by atoms with van der Waals surface area (Å²) in [5.41, 5.74) is 0.676. The molecule has 0 aliphatic carbocycles. The molecule has 0 bridgehead atoms. The van der Waals surface area contributed by atoms with Crippen LogP contribution in [0.2, 0.25) is 0 Å². The highest BCUT2D eigenvalue weighted by Crippen LogP contribution is 2.30. The maximum absolute atomic E-state index is 12.5. The first-order chi connectivity index (χ1) is 33.9. The Morgan fingerprint density at radius 2 is 0.929 bits per heavy atom. The number of esters is 4. The zero-order valence-corrected chi connectivity index (χ0v) is 37.7. The monoisotopic (exact) mass is 970 g/mol. The summed E-state index contributed by atoms with van der Waals surface area (Å²) >= 11 is 0. The third-order valence-electron chi connectivity index (χ3n) is 9.47. The van der Waals surface area contributed by atoms with E-state index in [1.165, 1.54) is 48.5 Å². The number of carboxylic acid groups (broad SMARTS) is 1. The molecule has 370 valence electrons. The van der Waals surface area contributed by atoms with Crippen LogP contribution in [0.1, 0.15) is 63.2 Å². The fourth-order valence-corrected chi connectivity index (χ4v) is 6.03. The predicted molar refractivity (Wildman–Crippen MR) is 243 cm³/mol. The second-order valence-electron chi connectivity index (χ2n) is 14.3. The van der Waals surface area contributed by atoms with Crippen LogP contribution in [0.3, 0.4) is 0 Å². The summed E-state index contributed by atoms with van der Waals surface area (Å²) in [6, 6.07) is 24.0. The topological polar surface area (TPSA) is 258 Å². The van der Waals surface area contributed by atoms with E-state index in [1.54, 1.807) is 48.5 Å². The lowest BCUT2D eigenvalue weighted by Crippen LogP contribution is -2.32. The van der Waals surface area contributed by atoms with Crippen LogP contribution in [-0.2, 0) is 47.5 Å². The van der Waals surface area contributed by atoms with Crippen LogP contribution in [0.25, 0.3) is 0 Å². The van der Waals surface area contributed by atoms with Crippen molar-refractivity contribution in [1.29, 1.82) is 0 Å². The largest absolute Gasteiger partial charge is 0.513 e. The molecule has 2 heterocycles. The fraction of sp³-hybridized carbons (Fsp3) is 0.280. The molecule has 2 fully saturated rings. The standard InChI is InChI=1S/C27H28O10.C22H20O9.CH2O/c1-2-24(28)31-14-3-4-15-33-27(30)36-21-11-9-20(10-12-21)35-19-7-5-18(6-8-19)26(29)37-23-17-34-22-13-16-32-25(22)23;1-2-19(23)28-13-3-4-14-29-22(27)31-18-11-7-16(8-12-18)21(26)30-17-9-5-15(6-10-17)20(24)25;1-2/h2,5-12,22-23,25H,1,3-4,13-17H2;2,5-12H,1,3-4,13-14H2,(H,24,25);1H2. The lowest BCUT2D eigenvalue weighted by atomic mass is 10.1. The first-order valence-corrected chi connectivity index (χ1v) is 21.4. The number of carbonyl (C=O) groups is 8. The van der Waals surface area contributed by atoms with Gasteiger partial charge in [0.1, 0.15) is 41.6 Å². The number of carboxylic acids is 1. The van der Waals surface area contributed by atoms with Gasteiger partial charge in [0.2, 0.25) is 0 Å². The molecule has 1 N–H and O–H groups in total. The van der Waals surface area contributed by atoms with Gasteiger partial charge in [-0.1, -0.05) is 13.2 Å². The Morgan fingerprint density at radius 3 is 1.40 bits per heavy atom. The van der Waals surface area contributed by atoms with Gasteiger partial charge in [-0.15, -0.1) is 0 Å². The molecule has 6 rings (SSSR count). The highest BCUT2D eigenvalue weighted by atomic mass is 16.7. The summed E-state index contributed by atoms with van der Waals surface area (Å²) in [6.45, 7) is 10.2. The second kappa shape index (κ2) is 29.4. The van der Waals surface area contributed by atoms with E-state index in [0.29, 0.717) is 61.7 Å². The molecule has 3 unspecified atom stereocenters. The molecule has 3 atom stereocenters. The number of hydrogen-bond acceptors (Lipinski definition) is 19. The summed E-state index contributed by atoms with van der Waals surface area (Å²) in [4.78, 5) is 88.7. The van der Waals surface area contributed by atoms with E-state index < -0.39 is 48.3 Å². The fourth-order valence-electron chi connectivity index (χ4n) is 6.03. The molecule has 2 aliphatic rings. The molecule has 4 aromatic rings. The van der Waals surface area contributed by atoms with Crippen LogP contribution >= 0.6 is 0 Å². The van der Waals surface area contributed by atoms with E-state index in [2.05, 4.69) is 13.2 Å². The molecule has 0 saturated carbocycles. The van der Waals surface area contributed by atoms with Crippen LogP contribution in [0.4, 0.5) is 9.59 Å². The van der Waals surface area contributed by atoms with Crippen LogP contribution in [0.15, 0.2) is 122 Å². The zero-order chi connectivity index (χ0) is 50.7. The van der Waals surface area contributed by atoms with Crippen LogP contribution in [-0.4, -0.2) is 112 Å². The molecule has 20 nitrogen and oxygen atoms in total. The highest BCUT2D eigenvalue weighted by molar-refractivity contribution is 5.92. The Labute approximate surface area is 401 Å². The number of fused-ring (bicyclic) bond motifs is 1. The third kappa shape index (κ3) is 18.7. The molecule has 4 aromatic carbocycles. The van der Waals surface area contributed by atoms with Crippen molar-refractivity contribution in [3.63, 3.8) is 0 Å². The van der Waals surface area contributed by atoms with Gasteiger partial charge in [0.15, 0.2) is 6.10 Å². The number of rotatable bonds is 21. The average Bonchev–Trinajstić information content (AvgIpc) is 4.00. The molecule has 0 radical (unpaired) electrons. The minimum atomic E-state index is -1.08. The van der Waals surface area contributed by atoms with E-state index in [-0.39, 0.29) is 61.3 Å². The van der Waals surface area contributed by atoms with Gasteiger partial charge in [0.05, 0.1) is 55.8 Å². The number of carbonyl (C=O) groups excluding carboxylic acids is 7. The number of hydrogen-bond donors (Lipinski definition) is 1. The van der Waals surface area contributed by atoms with Crippen molar-refractivity contribution >= 4 is 48.9 Å². The average molecular weight is 971 g/mol. The van der Waals surface area contributed by atoms with Gasteiger partial charge in [0.25, 0.3) is 0 Å². The van der Waals surface area contributed by atoms with E-state index in [0.717, 1.165) is 18.6 Å². The molecule has 0 aromatic heterocycles. The van der Waals surface area contributed by atoms with Crippen molar-refractivity contribution in [1.82, 2.24) is 0 Å². The molecule has 70 heavy (non-hydrogen) atoms. The van der Waals surface area contributed by atoms with Crippen molar-refractivity contribution in [3.05, 3.63) is 139 Å². The van der Waals surface area contributed by atoms with Gasteiger partial charge in [0, 0.05) is 18.8 Å². The predicted octanol–water partition coefficient (Wildman–Crippen LogP) is 7.66. The van der Waals surface area contributed by atoms with Gasteiger partial charge in [-0.3, -0.25) is 0 Å². The van der Waals surface area contributed by atoms with Crippen molar-refractivity contribution in [2.45, 2.75) is 50.4 Å². The minimum Gasteiger partial charge on any atom is -0.478 e. The summed E-state index contributed by atoms with van der Waals surface area (Å²) in [5, 5.41) is 8.86. The lowest BCUT2D eigenvalue weighted by Gasteiger charge is -2.16. The molecule has 20 heteroatoms. The minimum absolute atomic E-state index is 0.00280. The quantitative estimate of drug-likeness (QED) is 0.0210. The van der Waals surface area contributed by atoms with Crippen LogP contribution in [0, 0.1) is 0 Å². The van der Waals surface area contributed by atoms with Gasteiger partial charge >= 0.3 is 42.2 Å². The number of ether oxygens (including phenoxy) is 11. The maximum Gasteiger partial charge on any atom is 0.513 e. The maximum atomic E-state index is 12.5. The van der Waals surface area contributed by atoms with Crippen LogP contribution < -0.4 is 18.9 Å². The van der Waals surface area contributed by atoms with Crippen molar-refractivity contribution in [2.24, 2.45) is 0 Å². The number of aromatic carboxylic acids is 1. The second-order valence-corrected chi connectivity index (χ2v) is 14.3. The summed E-state index contributed by atoms with van der Waals surface area (Å²) in [6.07, 6.45) is 2.71. The Bertz CT molecular complexity index is 2360. The molecule has 2 aliphatic heterocycles. The van der Waals surface area contributed by atoms with Crippen molar-refractivity contribution in [3.8, 4) is 28.7 Å². The van der Waals surface area contributed by atoms with Gasteiger partial charge < -0.3 is 62.0 Å². The van der Waals surface area contributed by atoms with Crippen LogP contribution in [0.5, 0.6) is 28.7 Å². The number of unbranched alkanes of at least 4 members (excludes halogenated alkanes) is 2. The highest BCUT2D eigenvalue weighted by Gasteiger charge is 2.44. The Kier molecular flexibility index (Phi) is 22.8. The molecule has 0 spiro atoms. The molecule has 0 amide bonds. The molecular weight excluding hydrogens is 921 g/mol. The SMILES string of the molecule is C=CC(=O)OCCCCOC(=O)Oc1ccc(C(=O)Oc2ccc(C(=O)O)cc2)cc1.C=CC(=O)OCCCCOC(=O)Oc1ccc(Oc2ccc(C(=O)OC3COC4CCOC43)cc2)cc1.C=O. The summed E-state index contributed by atoms with van der Waals surface area (Å²) in [5.74, 6) is -1.49. The summed E-state index contributed by atoms with van der Waals surface area (Å²) in [7, 11) is 0. The van der Waals surface area contributed by atoms with E-state index >= 15 is 0 Å². The molecular formula is C50H50O20. The Hall–Kier alpha value is -8.36. The normalized spacial score (nSPS) is 15.0. The van der Waals surface area contributed by atoms with E-state index in [1.807, 2.05) is 6.79 Å². The zero-order valence-electron chi connectivity index (χ0n) is 37.7. The van der Waals surface area contributed by atoms with Crippen molar-refractivity contribution < 1.29 is 95.6 Å². The van der Waals surface area contributed by atoms with E-state index in [4.69, 9.17) is 62.0 Å². The first-order valence-electron chi connectivity index (χ1n) is 21.4. The summed E-state index contributed by atoms with van der Waals surface area (Å²) < 4.78 is 57.4. The van der Waals surface area contributed by atoms with Gasteiger partial charge in [-0.2, -0.15) is 0 Å². The van der Waals surface area contributed by atoms with Crippen molar-refractivity contribution in [2.75, 3.05) is 39.6 Å². The first kappa shape index (κ1) is 54.2. The smallest absolute Gasteiger partial charge is 0.478 e. The Balaban J connectivity index is 0.000000299. The van der Waals surface area contributed by atoms with E-state index in [9.17, 15) is 33.6 Å². The number of benzene rings is 4. The Morgan fingerprint density at radius 1 is 0.529 bits per heavy atom. The van der Waals surface area contributed by atoms with Gasteiger partial charge in [-0.25, -0.2) is 33.6 Å². The van der Waals surface area contributed by atoms with Gasteiger partial charge in [-0.05, 0) is 129 Å². The lowest BCUT2D eigenvalue weighted by molar-refractivity contribution is -0.138. The third-order valence-corrected chi connectivity index (χ3v) is 9.47. The molecule has 2 saturated heterocycles.